The SMILES string of the molecule is N#Cc1ccc(C=C(C(=O)O)c2ccc(O)cc2)cc1. The highest BCUT2D eigenvalue weighted by Crippen LogP contribution is 2.21. The Labute approximate surface area is 115 Å². The van der Waals surface area contributed by atoms with Crippen LogP contribution in [0.15, 0.2) is 48.5 Å². The molecule has 0 aliphatic heterocycles. The second kappa shape index (κ2) is 5.72. The number of nitrogens with zero attached hydrogens (tertiary/aromatic N) is 1. The van der Waals surface area contributed by atoms with Gasteiger partial charge in [-0.1, -0.05) is 24.3 Å². The van der Waals surface area contributed by atoms with Crippen molar-refractivity contribution in [2.45, 2.75) is 0 Å². The molecule has 0 amide bonds. The molecule has 0 atom stereocenters. The summed E-state index contributed by atoms with van der Waals surface area (Å²) in [5.41, 5.74) is 1.83. The van der Waals surface area contributed by atoms with Crippen LogP contribution in [0.4, 0.5) is 0 Å². The van der Waals surface area contributed by atoms with E-state index in [1.54, 1.807) is 36.4 Å². The molecule has 2 rings (SSSR count). The molecule has 0 radical (unpaired) electrons. The van der Waals surface area contributed by atoms with Gasteiger partial charge in [-0.25, -0.2) is 4.79 Å². The fourth-order valence-corrected chi connectivity index (χ4v) is 1.73. The predicted molar refractivity (Wildman–Crippen MR) is 74.8 cm³/mol. The maximum Gasteiger partial charge on any atom is 0.336 e. The Kier molecular flexibility index (Phi) is 3.82. The van der Waals surface area contributed by atoms with E-state index >= 15 is 0 Å². The van der Waals surface area contributed by atoms with Gasteiger partial charge in [-0.3, -0.25) is 0 Å². The van der Waals surface area contributed by atoms with E-state index in [2.05, 4.69) is 0 Å². The predicted octanol–water partition coefficient (Wildman–Crippen LogP) is 2.89. The van der Waals surface area contributed by atoms with E-state index < -0.39 is 5.97 Å². The number of carboxylic acid groups (broad SMARTS) is 1. The summed E-state index contributed by atoms with van der Waals surface area (Å²) in [5.74, 6) is -0.975. The monoisotopic (exact) mass is 265 g/mol. The van der Waals surface area contributed by atoms with Crippen LogP contribution in [-0.4, -0.2) is 16.2 Å². The van der Waals surface area contributed by atoms with Crippen molar-refractivity contribution < 1.29 is 15.0 Å². The summed E-state index contributed by atoms with van der Waals surface area (Å²) in [7, 11) is 0. The molecule has 0 unspecified atom stereocenters. The maximum atomic E-state index is 11.3. The number of benzene rings is 2. The Balaban J connectivity index is 2.42. The first-order valence-electron chi connectivity index (χ1n) is 5.85. The zero-order chi connectivity index (χ0) is 14.5. The first-order chi connectivity index (χ1) is 9.60. The number of rotatable bonds is 3. The Morgan fingerprint density at radius 1 is 1.05 bits per heavy atom. The van der Waals surface area contributed by atoms with Gasteiger partial charge in [0.25, 0.3) is 0 Å². The number of nitriles is 1. The standard InChI is InChI=1S/C16H11NO3/c17-10-12-3-1-11(2-4-12)9-15(16(19)20)13-5-7-14(18)8-6-13/h1-9,18H,(H,19,20). The van der Waals surface area contributed by atoms with Crippen LogP contribution >= 0.6 is 0 Å². The third-order valence-corrected chi connectivity index (χ3v) is 2.76. The van der Waals surface area contributed by atoms with Crippen LogP contribution in [0.25, 0.3) is 11.6 Å². The van der Waals surface area contributed by atoms with E-state index in [0.717, 1.165) is 0 Å². The average Bonchev–Trinajstić information content (AvgIpc) is 2.46. The molecule has 0 saturated carbocycles. The summed E-state index contributed by atoms with van der Waals surface area (Å²) >= 11 is 0. The van der Waals surface area contributed by atoms with Gasteiger partial charge in [0.1, 0.15) is 5.75 Å². The summed E-state index contributed by atoms with van der Waals surface area (Å²) in [6, 6.07) is 14.6. The van der Waals surface area contributed by atoms with Crippen LogP contribution in [0.2, 0.25) is 0 Å². The summed E-state index contributed by atoms with van der Waals surface area (Å²) in [6.07, 6.45) is 1.52. The van der Waals surface area contributed by atoms with Gasteiger partial charge in [0.2, 0.25) is 0 Å². The number of aliphatic carboxylic acids is 1. The zero-order valence-electron chi connectivity index (χ0n) is 10.4. The van der Waals surface area contributed by atoms with Gasteiger partial charge >= 0.3 is 5.97 Å². The van der Waals surface area contributed by atoms with Crippen molar-refractivity contribution in [2.24, 2.45) is 0 Å². The quantitative estimate of drug-likeness (QED) is 0.660. The summed E-state index contributed by atoms with van der Waals surface area (Å²) in [5, 5.41) is 27.2. The van der Waals surface area contributed by atoms with Crippen molar-refractivity contribution in [3.63, 3.8) is 0 Å². The minimum Gasteiger partial charge on any atom is -0.508 e. The van der Waals surface area contributed by atoms with Gasteiger partial charge < -0.3 is 10.2 Å². The molecule has 4 heteroatoms. The van der Waals surface area contributed by atoms with Crippen molar-refractivity contribution in [3.8, 4) is 11.8 Å². The molecule has 0 aromatic heterocycles. The van der Waals surface area contributed by atoms with E-state index in [1.165, 1.54) is 18.2 Å². The number of carbonyl (C=O) groups is 1. The Hall–Kier alpha value is -3.06. The molecular formula is C16H11NO3. The molecule has 0 bridgehead atoms. The molecule has 0 spiro atoms. The largest absolute Gasteiger partial charge is 0.508 e. The van der Waals surface area contributed by atoms with Crippen LogP contribution in [0, 0.1) is 11.3 Å². The number of phenols is 1. The summed E-state index contributed by atoms with van der Waals surface area (Å²) in [6.45, 7) is 0. The van der Waals surface area contributed by atoms with Crippen LogP contribution < -0.4 is 0 Å². The van der Waals surface area contributed by atoms with Crippen molar-refractivity contribution in [1.29, 1.82) is 5.26 Å². The van der Waals surface area contributed by atoms with E-state index in [-0.39, 0.29) is 11.3 Å². The first kappa shape index (κ1) is 13.4. The molecule has 20 heavy (non-hydrogen) atoms. The lowest BCUT2D eigenvalue weighted by Crippen LogP contribution is -1.99. The third kappa shape index (κ3) is 3.03. The van der Waals surface area contributed by atoms with Crippen molar-refractivity contribution >= 4 is 17.6 Å². The highest BCUT2D eigenvalue weighted by Gasteiger charge is 2.10. The molecule has 0 fully saturated rings. The maximum absolute atomic E-state index is 11.3. The molecule has 0 aliphatic rings. The van der Waals surface area contributed by atoms with Crippen molar-refractivity contribution in [3.05, 3.63) is 65.2 Å². The van der Waals surface area contributed by atoms with Crippen molar-refractivity contribution in [1.82, 2.24) is 0 Å². The van der Waals surface area contributed by atoms with E-state index in [4.69, 9.17) is 5.26 Å². The van der Waals surface area contributed by atoms with E-state index in [0.29, 0.717) is 16.7 Å². The van der Waals surface area contributed by atoms with E-state index in [1.807, 2.05) is 6.07 Å². The molecular weight excluding hydrogens is 254 g/mol. The number of aromatic hydroxyl groups is 1. The molecule has 2 aromatic rings. The molecule has 2 N–H and O–H groups in total. The number of carboxylic acids is 1. The first-order valence-corrected chi connectivity index (χ1v) is 5.85. The van der Waals surface area contributed by atoms with Gasteiger partial charge in [-0.05, 0) is 41.5 Å². The molecule has 0 aliphatic carbocycles. The normalized spacial score (nSPS) is 10.8. The van der Waals surface area contributed by atoms with Crippen LogP contribution in [0.5, 0.6) is 5.75 Å². The van der Waals surface area contributed by atoms with E-state index in [9.17, 15) is 15.0 Å². The van der Waals surface area contributed by atoms with Gasteiger partial charge in [0.05, 0.1) is 17.2 Å². The fraction of sp³-hybridized carbons (Fsp3) is 0. The van der Waals surface area contributed by atoms with Crippen molar-refractivity contribution in [2.75, 3.05) is 0 Å². The van der Waals surface area contributed by atoms with Gasteiger partial charge in [0, 0.05) is 0 Å². The van der Waals surface area contributed by atoms with Crippen LogP contribution in [0.3, 0.4) is 0 Å². The summed E-state index contributed by atoms with van der Waals surface area (Å²) in [4.78, 5) is 11.3. The van der Waals surface area contributed by atoms with Gasteiger partial charge in [0.15, 0.2) is 0 Å². The smallest absolute Gasteiger partial charge is 0.336 e. The molecule has 0 saturated heterocycles. The third-order valence-electron chi connectivity index (χ3n) is 2.76. The molecule has 0 heterocycles. The molecule has 4 nitrogen and oxygen atoms in total. The van der Waals surface area contributed by atoms with Crippen LogP contribution in [-0.2, 0) is 4.79 Å². The Morgan fingerprint density at radius 2 is 1.65 bits per heavy atom. The average molecular weight is 265 g/mol. The lowest BCUT2D eigenvalue weighted by atomic mass is 10.0. The zero-order valence-corrected chi connectivity index (χ0v) is 10.4. The number of hydrogen-bond acceptors (Lipinski definition) is 3. The highest BCUT2D eigenvalue weighted by molar-refractivity contribution is 6.20. The highest BCUT2D eigenvalue weighted by atomic mass is 16.4. The second-order valence-corrected chi connectivity index (χ2v) is 4.14. The lowest BCUT2D eigenvalue weighted by Gasteiger charge is -2.03. The molecule has 98 valence electrons. The fourth-order valence-electron chi connectivity index (χ4n) is 1.73. The van der Waals surface area contributed by atoms with Gasteiger partial charge in [-0.2, -0.15) is 5.26 Å². The molecule has 2 aromatic carbocycles. The van der Waals surface area contributed by atoms with Gasteiger partial charge in [-0.15, -0.1) is 0 Å². The number of phenolic OH excluding ortho intramolecular Hbond substituents is 1. The summed E-state index contributed by atoms with van der Waals surface area (Å²) < 4.78 is 0. The minimum atomic E-state index is -1.06. The van der Waals surface area contributed by atoms with Crippen LogP contribution in [0.1, 0.15) is 16.7 Å². The Morgan fingerprint density at radius 3 is 2.15 bits per heavy atom. The minimum absolute atomic E-state index is 0.0804. The number of hydrogen-bond donors (Lipinski definition) is 2. The lowest BCUT2D eigenvalue weighted by molar-refractivity contribution is -0.130. The topological polar surface area (TPSA) is 81.3 Å². The second-order valence-electron chi connectivity index (χ2n) is 4.14. The Bertz CT molecular complexity index is 692.